The molecule has 0 unspecified atom stereocenters. The van der Waals surface area contributed by atoms with E-state index in [1.807, 2.05) is 12.1 Å². The third kappa shape index (κ3) is 1.84. The molecule has 100 valence electrons. The number of piperidine rings is 1. The van der Waals surface area contributed by atoms with E-state index in [2.05, 4.69) is 17.4 Å². The van der Waals surface area contributed by atoms with Crippen molar-refractivity contribution in [3.63, 3.8) is 0 Å². The van der Waals surface area contributed by atoms with Gasteiger partial charge in [0.15, 0.2) is 0 Å². The monoisotopic (exact) mass is 257 g/mol. The summed E-state index contributed by atoms with van der Waals surface area (Å²) in [6.45, 7) is 3.79. The van der Waals surface area contributed by atoms with Crippen LogP contribution >= 0.6 is 0 Å². The van der Waals surface area contributed by atoms with Crippen LogP contribution in [-0.4, -0.2) is 26.3 Å². The molecule has 0 aliphatic carbocycles. The molecule has 0 amide bonds. The summed E-state index contributed by atoms with van der Waals surface area (Å²) in [4.78, 5) is 0. The molecule has 1 N–H and O–H groups in total. The topological polar surface area (TPSA) is 30.5 Å². The summed E-state index contributed by atoms with van der Waals surface area (Å²) in [5.74, 6) is 2.05. The zero-order valence-electron chi connectivity index (χ0n) is 11.1. The van der Waals surface area contributed by atoms with Crippen LogP contribution in [0.5, 0.6) is 5.75 Å². The number of hydrogen-bond acceptors (Lipinski definition) is 3. The molecule has 0 radical (unpaired) electrons. The molecule has 0 atom stereocenters. The van der Waals surface area contributed by atoms with Crippen LogP contribution in [0.2, 0.25) is 0 Å². The molecule has 1 saturated heterocycles. The van der Waals surface area contributed by atoms with E-state index in [-0.39, 0.29) is 0 Å². The van der Waals surface area contributed by atoms with E-state index in [4.69, 9.17) is 9.47 Å². The third-order valence-corrected chi connectivity index (χ3v) is 4.63. The Hall–Kier alpha value is -1.48. The van der Waals surface area contributed by atoms with Crippen molar-refractivity contribution in [1.82, 2.24) is 5.32 Å². The average molecular weight is 257 g/mol. The zero-order chi connectivity index (χ0) is 12.7. The van der Waals surface area contributed by atoms with E-state index in [9.17, 15) is 0 Å². The number of ether oxygens (including phenoxy) is 2. The molecule has 3 nitrogen and oxygen atoms in total. The van der Waals surface area contributed by atoms with Gasteiger partial charge in [-0.15, -0.1) is 0 Å². The van der Waals surface area contributed by atoms with Crippen LogP contribution in [0.4, 0.5) is 0 Å². The zero-order valence-corrected chi connectivity index (χ0v) is 11.1. The first kappa shape index (κ1) is 11.4. The molecule has 1 fully saturated rings. The maximum Gasteiger partial charge on any atom is 0.132 e. The quantitative estimate of drug-likeness (QED) is 0.775. The average Bonchev–Trinajstić information content (AvgIpc) is 2.47. The SMILES string of the molecule is c1ccc2c(c1)OCC1=C2OCC2(CCNCC2)C1. The molecular weight excluding hydrogens is 238 g/mol. The summed E-state index contributed by atoms with van der Waals surface area (Å²) in [6, 6.07) is 8.19. The molecule has 4 rings (SSSR count). The molecule has 3 heterocycles. The molecule has 3 aliphatic rings. The summed E-state index contributed by atoms with van der Waals surface area (Å²) in [5.41, 5.74) is 2.83. The highest BCUT2D eigenvalue weighted by Gasteiger charge is 2.39. The summed E-state index contributed by atoms with van der Waals surface area (Å²) in [7, 11) is 0. The van der Waals surface area contributed by atoms with Crippen molar-refractivity contribution in [3.8, 4) is 5.75 Å². The maximum absolute atomic E-state index is 6.17. The van der Waals surface area contributed by atoms with Gasteiger partial charge in [-0.2, -0.15) is 0 Å². The second kappa shape index (κ2) is 4.27. The van der Waals surface area contributed by atoms with Crippen molar-refractivity contribution in [3.05, 3.63) is 35.4 Å². The largest absolute Gasteiger partial charge is 0.492 e. The van der Waals surface area contributed by atoms with Crippen LogP contribution in [-0.2, 0) is 4.74 Å². The normalized spacial score (nSPS) is 24.2. The molecule has 19 heavy (non-hydrogen) atoms. The van der Waals surface area contributed by atoms with E-state index in [1.165, 1.54) is 18.4 Å². The predicted molar refractivity (Wildman–Crippen MR) is 74.0 cm³/mol. The van der Waals surface area contributed by atoms with Gasteiger partial charge < -0.3 is 14.8 Å². The first-order valence-corrected chi connectivity index (χ1v) is 7.14. The Kier molecular flexibility index (Phi) is 2.55. The molecule has 3 heteroatoms. The van der Waals surface area contributed by atoms with Crippen LogP contribution in [0.1, 0.15) is 24.8 Å². The Morgan fingerprint density at radius 2 is 1.89 bits per heavy atom. The van der Waals surface area contributed by atoms with Crippen LogP contribution in [0, 0.1) is 5.41 Å². The Morgan fingerprint density at radius 3 is 2.79 bits per heavy atom. The Bertz CT molecular complexity index is 529. The fourth-order valence-corrected chi connectivity index (χ4v) is 3.52. The van der Waals surface area contributed by atoms with Gasteiger partial charge in [0.25, 0.3) is 0 Å². The van der Waals surface area contributed by atoms with E-state index in [1.54, 1.807) is 0 Å². The van der Waals surface area contributed by atoms with Gasteiger partial charge in [-0.1, -0.05) is 12.1 Å². The minimum atomic E-state index is 0.347. The fourth-order valence-electron chi connectivity index (χ4n) is 3.52. The number of rotatable bonds is 0. The van der Waals surface area contributed by atoms with Gasteiger partial charge in [0, 0.05) is 11.0 Å². The van der Waals surface area contributed by atoms with Gasteiger partial charge in [-0.05, 0) is 44.5 Å². The van der Waals surface area contributed by atoms with E-state index in [0.29, 0.717) is 12.0 Å². The lowest BCUT2D eigenvalue weighted by Gasteiger charge is -2.43. The lowest BCUT2D eigenvalue weighted by atomic mass is 9.73. The first-order chi connectivity index (χ1) is 9.36. The molecule has 0 aromatic heterocycles. The van der Waals surface area contributed by atoms with Gasteiger partial charge >= 0.3 is 0 Å². The lowest BCUT2D eigenvalue weighted by Crippen LogP contribution is -2.42. The van der Waals surface area contributed by atoms with Crippen LogP contribution < -0.4 is 10.1 Å². The molecular formula is C16H19NO2. The highest BCUT2D eigenvalue weighted by atomic mass is 16.5. The fraction of sp³-hybridized carbons (Fsp3) is 0.500. The van der Waals surface area contributed by atoms with E-state index < -0.39 is 0 Å². The van der Waals surface area contributed by atoms with Crippen LogP contribution in [0.25, 0.3) is 5.76 Å². The molecule has 0 saturated carbocycles. The smallest absolute Gasteiger partial charge is 0.132 e. The molecule has 1 aromatic carbocycles. The van der Waals surface area contributed by atoms with Gasteiger partial charge in [-0.3, -0.25) is 0 Å². The van der Waals surface area contributed by atoms with Gasteiger partial charge in [0.2, 0.25) is 0 Å². The Morgan fingerprint density at radius 1 is 1.05 bits per heavy atom. The van der Waals surface area contributed by atoms with Crippen molar-refractivity contribution in [1.29, 1.82) is 0 Å². The van der Waals surface area contributed by atoms with Crippen molar-refractivity contribution in [2.45, 2.75) is 19.3 Å². The Balaban J connectivity index is 1.69. The van der Waals surface area contributed by atoms with Gasteiger partial charge in [0.05, 0.1) is 12.2 Å². The number of fused-ring (bicyclic) bond motifs is 2. The number of para-hydroxylation sites is 1. The van der Waals surface area contributed by atoms with Crippen LogP contribution in [0.3, 0.4) is 0 Å². The molecule has 1 spiro atoms. The number of nitrogens with one attached hydrogen (secondary N) is 1. The minimum absolute atomic E-state index is 0.347. The highest BCUT2D eigenvalue weighted by molar-refractivity contribution is 5.71. The molecule has 1 aromatic rings. The van der Waals surface area contributed by atoms with E-state index >= 15 is 0 Å². The predicted octanol–water partition coefficient (Wildman–Crippen LogP) is 2.58. The standard InChI is InChI=1S/C16H19NO2/c1-2-4-14-13(3-1)15-12(10-18-14)9-16(11-19-15)5-7-17-8-6-16/h1-4,17H,5-11H2. The second-order valence-corrected chi connectivity index (χ2v) is 5.93. The first-order valence-electron chi connectivity index (χ1n) is 7.14. The summed E-state index contributed by atoms with van der Waals surface area (Å²) < 4.78 is 12.0. The van der Waals surface area contributed by atoms with E-state index in [0.717, 1.165) is 43.2 Å². The summed E-state index contributed by atoms with van der Waals surface area (Å²) in [6.07, 6.45) is 3.56. The lowest BCUT2D eigenvalue weighted by molar-refractivity contribution is 0.0635. The minimum Gasteiger partial charge on any atom is -0.492 e. The maximum atomic E-state index is 6.17. The second-order valence-electron chi connectivity index (χ2n) is 5.93. The van der Waals surface area contributed by atoms with Crippen molar-refractivity contribution in [2.75, 3.05) is 26.3 Å². The van der Waals surface area contributed by atoms with Gasteiger partial charge in [0.1, 0.15) is 18.1 Å². The number of hydrogen-bond donors (Lipinski definition) is 1. The molecule has 3 aliphatic heterocycles. The highest BCUT2D eigenvalue weighted by Crippen LogP contribution is 2.46. The molecule has 0 bridgehead atoms. The third-order valence-electron chi connectivity index (χ3n) is 4.63. The summed E-state index contributed by atoms with van der Waals surface area (Å²) in [5, 5.41) is 3.44. The number of benzene rings is 1. The van der Waals surface area contributed by atoms with Crippen molar-refractivity contribution < 1.29 is 9.47 Å². The van der Waals surface area contributed by atoms with Crippen LogP contribution in [0.15, 0.2) is 29.8 Å². The van der Waals surface area contributed by atoms with Crippen molar-refractivity contribution >= 4 is 5.76 Å². The summed E-state index contributed by atoms with van der Waals surface area (Å²) >= 11 is 0. The van der Waals surface area contributed by atoms with Gasteiger partial charge in [-0.25, -0.2) is 0 Å². The van der Waals surface area contributed by atoms with Crippen molar-refractivity contribution in [2.24, 2.45) is 5.41 Å². The Labute approximate surface area is 113 Å².